The first kappa shape index (κ1) is 13.6. The predicted molar refractivity (Wildman–Crippen MR) is 62.8 cm³/mol. The quantitative estimate of drug-likeness (QED) is 0.596. The Labute approximate surface area is 99.5 Å². The standard InChI is InChI=1S/C12H17NO4/c1-7-6-8(12(16)17)2-3-9(7)11(15)10(14)4-5-13/h2-3,6,10-11,14-15H,4-5,13H2,1H3,(H,16,17). The SMILES string of the molecule is Cc1cc(C(=O)O)ccc1C(O)C(O)CCN. The van der Waals surface area contributed by atoms with Crippen molar-refractivity contribution < 1.29 is 20.1 Å². The molecule has 1 aromatic rings. The second-order valence-electron chi connectivity index (χ2n) is 3.97. The van der Waals surface area contributed by atoms with Crippen LogP contribution in [0.4, 0.5) is 0 Å². The van der Waals surface area contributed by atoms with Gasteiger partial charge in [0.2, 0.25) is 0 Å². The summed E-state index contributed by atoms with van der Waals surface area (Å²) >= 11 is 0. The second-order valence-corrected chi connectivity index (χ2v) is 3.97. The van der Waals surface area contributed by atoms with Gasteiger partial charge < -0.3 is 21.1 Å². The summed E-state index contributed by atoms with van der Waals surface area (Å²) < 4.78 is 0. The van der Waals surface area contributed by atoms with E-state index in [2.05, 4.69) is 0 Å². The van der Waals surface area contributed by atoms with Crippen LogP contribution in [0, 0.1) is 6.92 Å². The summed E-state index contributed by atoms with van der Waals surface area (Å²) in [5.41, 5.74) is 6.61. The number of carboxylic acid groups (broad SMARTS) is 1. The normalized spacial score (nSPS) is 14.4. The fraction of sp³-hybridized carbons (Fsp3) is 0.417. The highest BCUT2D eigenvalue weighted by Gasteiger charge is 2.19. The van der Waals surface area contributed by atoms with E-state index in [1.165, 1.54) is 18.2 Å². The van der Waals surface area contributed by atoms with Crippen molar-refractivity contribution in [2.45, 2.75) is 25.6 Å². The Morgan fingerprint density at radius 2 is 2.06 bits per heavy atom. The van der Waals surface area contributed by atoms with Gasteiger partial charge in [0.05, 0.1) is 11.7 Å². The van der Waals surface area contributed by atoms with E-state index in [1.54, 1.807) is 6.92 Å². The van der Waals surface area contributed by atoms with Gasteiger partial charge in [0.25, 0.3) is 0 Å². The Morgan fingerprint density at radius 1 is 1.41 bits per heavy atom. The van der Waals surface area contributed by atoms with Crippen LogP contribution in [0.1, 0.15) is 34.0 Å². The van der Waals surface area contributed by atoms with Crippen LogP contribution in [-0.2, 0) is 0 Å². The Hall–Kier alpha value is -1.43. The first-order valence-electron chi connectivity index (χ1n) is 5.37. The Kier molecular flexibility index (Phi) is 4.62. The van der Waals surface area contributed by atoms with Gasteiger partial charge in [-0.3, -0.25) is 0 Å². The molecule has 0 aromatic heterocycles. The van der Waals surface area contributed by atoms with Gasteiger partial charge in [-0.2, -0.15) is 0 Å². The Balaban J connectivity index is 2.95. The highest BCUT2D eigenvalue weighted by molar-refractivity contribution is 5.87. The molecular formula is C12H17NO4. The van der Waals surface area contributed by atoms with Crippen molar-refractivity contribution in [2.24, 2.45) is 5.73 Å². The summed E-state index contributed by atoms with van der Waals surface area (Å²) in [7, 11) is 0. The summed E-state index contributed by atoms with van der Waals surface area (Å²) in [6, 6.07) is 4.39. The molecule has 0 saturated carbocycles. The Morgan fingerprint density at radius 3 is 2.53 bits per heavy atom. The molecule has 0 aliphatic carbocycles. The third-order valence-corrected chi connectivity index (χ3v) is 2.66. The van der Waals surface area contributed by atoms with Crippen LogP contribution in [0.25, 0.3) is 0 Å². The van der Waals surface area contributed by atoms with Crippen molar-refractivity contribution in [3.63, 3.8) is 0 Å². The van der Waals surface area contributed by atoms with Crippen LogP contribution < -0.4 is 5.73 Å². The minimum Gasteiger partial charge on any atom is -0.478 e. The lowest BCUT2D eigenvalue weighted by atomic mass is 9.96. The first-order chi connectivity index (χ1) is 7.97. The molecule has 5 heteroatoms. The van der Waals surface area contributed by atoms with E-state index in [0.29, 0.717) is 17.5 Å². The topological polar surface area (TPSA) is 104 Å². The number of carboxylic acids is 1. The molecule has 0 fully saturated rings. The number of aromatic carboxylic acids is 1. The van der Waals surface area contributed by atoms with E-state index in [9.17, 15) is 15.0 Å². The molecule has 5 nitrogen and oxygen atoms in total. The lowest BCUT2D eigenvalue weighted by Gasteiger charge is -2.19. The maximum atomic E-state index is 10.7. The van der Waals surface area contributed by atoms with Crippen LogP contribution in [0.5, 0.6) is 0 Å². The van der Waals surface area contributed by atoms with E-state index in [4.69, 9.17) is 10.8 Å². The van der Waals surface area contributed by atoms with Crippen LogP contribution in [-0.4, -0.2) is 33.9 Å². The monoisotopic (exact) mass is 239 g/mol. The average Bonchev–Trinajstić information content (AvgIpc) is 2.28. The van der Waals surface area contributed by atoms with Gasteiger partial charge in [0.15, 0.2) is 0 Å². The average molecular weight is 239 g/mol. The lowest BCUT2D eigenvalue weighted by Crippen LogP contribution is -2.22. The second kappa shape index (κ2) is 5.77. The van der Waals surface area contributed by atoms with Crippen molar-refractivity contribution in [1.29, 1.82) is 0 Å². The van der Waals surface area contributed by atoms with Crippen LogP contribution in [0.15, 0.2) is 18.2 Å². The van der Waals surface area contributed by atoms with Crippen molar-refractivity contribution in [1.82, 2.24) is 0 Å². The molecular weight excluding hydrogens is 222 g/mol. The van der Waals surface area contributed by atoms with Gasteiger partial charge in [-0.1, -0.05) is 6.07 Å². The predicted octanol–water partition coefficient (Wildman–Crippen LogP) is 0.436. The van der Waals surface area contributed by atoms with E-state index >= 15 is 0 Å². The minimum atomic E-state index is -1.04. The van der Waals surface area contributed by atoms with Crippen molar-refractivity contribution in [2.75, 3.05) is 6.54 Å². The molecule has 0 amide bonds. The minimum absolute atomic E-state index is 0.159. The summed E-state index contributed by atoms with van der Waals surface area (Å²) in [5.74, 6) is -1.02. The van der Waals surface area contributed by atoms with Gasteiger partial charge in [0.1, 0.15) is 6.10 Å². The van der Waals surface area contributed by atoms with Gasteiger partial charge in [-0.15, -0.1) is 0 Å². The summed E-state index contributed by atoms with van der Waals surface area (Å²) in [4.78, 5) is 10.7. The van der Waals surface area contributed by atoms with E-state index in [1.807, 2.05) is 0 Å². The van der Waals surface area contributed by atoms with Crippen molar-refractivity contribution in [3.8, 4) is 0 Å². The summed E-state index contributed by atoms with van der Waals surface area (Å²) in [5, 5.41) is 28.3. The van der Waals surface area contributed by atoms with Gasteiger partial charge in [0, 0.05) is 0 Å². The lowest BCUT2D eigenvalue weighted by molar-refractivity contribution is 0.0146. The third-order valence-electron chi connectivity index (χ3n) is 2.66. The van der Waals surface area contributed by atoms with Crippen LogP contribution >= 0.6 is 0 Å². The molecule has 2 unspecified atom stereocenters. The first-order valence-corrected chi connectivity index (χ1v) is 5.37. The molecule has 2 atom stereocenters. The van der Waals surface area contributed by atoms with Crippen LogP contribution in [0.2, 0.25) is 0 Å². The molecule has 0 saturated heterocycles. The van der Waals surface area contributed by atoms with E-state index in [-0.39, 0.29) is 12.1 Å². The summed E-state index contributed by atoms with van der Waals surface area (Å²) in [6.07, 6.45) is -1.68. The zero-order valence-corrected chi connectivity index (χ0v) is 9.63. The van der Waals surface area contributed by atoms with Gasteiger partial charge in [-0.05, 0) is 43.1 Å². The third kappa shape index (κ3) is 3.26. The number of carbonyl (C=O) groups is 1. The highest BCUT2D eigenvalue weighted by atomic mass is 16.4. The van der Waals surface area contributed by atoms with Gasteiger partial charge in [-0.25, -0.2) is 4.79 Å². The number of aliphatic hydroxyl groups excluding tert-OH is 2. The fourth-order valence-corrected chi connectivity index (χ4v) is 1.68. The summed E-state index contributed by atoms with van der Waals surface area (Å²) in [6.45, 7) is 1.98. The smallest absolute Gasteiger partial charge is 0.335 e. The Bertz CT molecular complexity index is 405. The molecule has 5 N–H and O–H groups in total. The molecule has 0 radical (unpaired) electrons. The number of rotatable bonds is 5. The van der Waals surface area contributed by atoms with Crippen molar-refractivity contribution >= 4 is 5.97 Å². The molecule has 17 heavy (non-hydrogen) atoms. The molecule has 0 spiro atoms. The molecule has 94 valence electrons. The highest BCUT2D eigenvalue weighted by Crippen LogP contribution is 2.23. The van der Waals surface area contributed by atoms with E-state index in [0.717, 1.165) is 0 Å². The number of aryl methyl sites for hydroxylation is 1. The molecule has 0 aliphatic heterocycles. The number of nitrogens with two attached hydrogens (primary N) is 1. The van der Waals surface area contributed by atoms with Gasteiger partial charge >= 0.3 is 5.97 Å². The molecule has 0 heterocycles. The fourth-order valence-electron chi connectivity index (χ4n) is 1.68. The molecule has 1 rings (SSSR count). The van der Waals surface area contributed by atoms with Crippen molar-refractivity contribution in [3.05, 3.63) is 34.9 Å². The number of hydrogen-bond acceptors (Lipinski definition) is 4. The maximum absolute atomic E-state index is 10.7. The number of benzene rings is 1. The number of aliphatic hydroxyl groups is 2. The number of hydrogen-bond donors (Lipinski definition) is 4. The van der Waals surface area contributed by atoms with E-state index < -0.39 is 18.2 Å². The van der Waals surface area contributed by atoms with Crippen LogP contribution in [0.3, 0.4) is 0 Å². The molecule has 1 aromatic carbocycles. The molecule has 0 aliphatic rings. The molecule has 0 bridgehead atoms. The zero-order valence-electron chi connectivity index (χ0n) is 9.63. The maximum Gasteiger partial charge on any atom is 0.335 e. The zero-order chi connectivity index (χ0) is 13.0. The largest absolute Gasteiger partial charge is 0.478 e.